The predicted molar refractivity (Wildman–Crippen MR) is 143 cm³/mol. The fourth-order valence-electron chi connectivity index (χ4n) is 6.89. The number of alkyl halides is 2. The van der Waals surface area contributed by atoms with Crippen molar-refractivity contribution in [1.29, 1.82) is 0 Å². The van der Waals surface area contributed by atoms with E-state index in [-0.39, 0.29) is 23.5 Å². The second-order valence-electron chi connectivity index (χ2n) is 10.9. The largest absolute Gasteiger partial charge is 0.481 e. The van der Waals surface area contributed by atoms with E-state index >= 15 is 4.39 Å². The van der Waals surface area contributed by atoms with Crippen LogP contribution in [0.5, 0.6) is 5.75 Å². The third kappa shape index (κ3) is 4.46. The number of para-hydroxylation sites is 1. The standard InChI is InChI=1S/C29H27F3N6O3/c30-20-8-21-22(38-23(11-33-12-25(38)36-21)18-3-1-2-4-24(18)41-28(31)32)7-19(20)17-9-34-29(35-10-17)37-13-15-5-6-16(14-37)26(15)27(39)40/h1-4,7-10,15-16,23,26,28,33H,5-6,11-14H2,(H,39,40)/t15-,16+,23-,26?/m1/s1. The van der Waals surface area contributed by atoms with Crippen molar-refractivity contribution in [3.05, 3.63) is 66.0 Å². The highest BCUT2D eigenvalue weighted by molar-refractivity contribution is 5.83. The van der Waals surface area contributed by atoms with Crippen molar-refractivity contribution in [2.24, 2.45) is 17.8 Å². The number of halogens is 3. The topological polar surface area (TPSA) is 105 Å². The first kappa shape index (κ1) is 25.8. The first-order chi connectivity index (χ1) is 19.9. The Morgan fingerprint density at radius 1 is 1.10 bits per heavy atom. The second kappa shape index (κ2) is 10.0. The van der Waals surface area contributed by atoms with E-state index in [1.54, 1.807) is 36.7 Å². The Bertz CT molecular complexity index is 1610. The van der Waals surface area contributed by atoms with E-state index in [9.17, 15) is 18.7 Å². The summed E-state index contributed by atoms with van der Waals surface area (Å²) in [5.41, 5.74) is 2.47. The first-order valence-electron chi connectivity index (χ1n) is 13.6. The molecule has 1 saturated carbocycles. The minimum Gasteiger partial charge on any atom is -0.481 e. The molecule has 212 valence electrons. The SMILES string of the molecule is O=C(O)C1[C@@H]2CC[C@H]1CN(c1ncc(-c3cc4c(cc3F)nc3n4[C@@H](c4ccccc4OC(F)F)CNC3)cn1)C2. The molecule has 4 aromatic rings. The number of aliphatic carboxylic acids is 1. The van der Waals surface area contributed by atoms with Gasteiger partial charge in [-0.1, -0.05) is 18.2 Å². The Morgan fingerprint density at radius 3 is 2.54 bits per heavy atom. The predicted octanol–water partition coefficient (Wildman–Crippen LogP) is 4.47. The van der Waals surface area contributed by atoms with Crippen LogP contribution >= 0.6 is 0 Å². The van der Waals surface area contributed by atoms with Crippen LogP contribution in [0.1, 0.15) is 30.3 Å². The number of carboxylic acid groups (broad SMARTS) is 1. The van der Waals surface area contributed by atoms with E-state index in [1.807, 2.05) is 9.47 Å². The maximum Gasteiger partial charge on any atom is 0.387 e. The van der Waals surface area contributed by atoms with Crippen LogP contribution in [0.15, 0.2) is 48.8 Å². The zero-order valence-corrected chi connectivity index (χ0v) is 21.9. The molecule has 4 atom stereocenters. The normalized spacial score (nSPS) is 23.7. The average Bonchev–Trinajstić information content (AvgIpc) is 3.46. The van der Waals surface area contributed by atoms with E-state index in [1.165, 1.54) is 12.1 Å². The molecule has 2 N–H and O–H groups in total. The fraction of sp³-hybridized carbons (Fsp3) is 0.379. The Kier molecular flexibility index (Phi) is 6.29. The van der Waals surface area contributed by atoms with Crippen LogP contribution in [0, 0.1) is 23.6 Å². The highest BCUT2D eigenvalue weighted by atomic mass is 19.3. The zero-order valence-electron chi connectivity index (χ0n) is 21.9. The van der Waals surface area contributed by atoms with E-state index in [2.05, 4.69) is 20.3 Å². The lowest BCUT2D eigenvalue weighted by Crippen LogP contribution is -2.45. The molecule has 2 bridgehead atoms. The lowest BCUT2D eigenvalue weighted by Gasteiger charge is -2.35. The summed E-state index contributed by atoms with van der Waals surface area (Å²) in [4.78, 5) is 27.4. The molecule has 9 nitrogen and oxygen atoms in total. The van der Waals surface area contributed by atoms with E-state index in [0.29, 0.717) is 65.7 Å². The number of hydrogen-bond acceptors (Lipinski definition) is 7. The number of rotatable bonds is 6. The monoisotopic (exact) mass is 564 g/mol. The number of benzene rings is 2. The molecule has 7 rings (SSSR count). The molecule has 1 aliphatic carbocycles. The van der Waals surface area contributed by atoms with Gasteiger partial charge in [0.2, 0.25) is 5.95 Å². The second-order valence-corrected chi connectivity index (χ2v) is 10.9. The molecule has 2 aliphatic heterocycles. The number of anilines is 1. The lowest BCUT2D eigenvalue weighted by atomic mass is 9.85. The number of imidazole rings is 1. The van der Waals surface area contributed by atoms with Gasteiger partial charge in [-0.05, 0) is 36.8 Å². The highest BCUT2D eigenvalue weighted by Crippen LogP contribution is 2.43. The van der Waals surface area contributed by atoms with Crippen LogP contribution in [-0.4, -0.2) is 56.8 Å². The number of piperidine rings is 1. The number of carboxylic acids is 1. The van der Waals surface area contributed by atoms with Crippen molar-refractivity contribution in [2.45, 2.75) is 32.0 Å². The van der Waals surface area contributed by atoms with Gasteiger partial charge in [-0.25, -0.2) is 19.3 Å². The molecule has 2 fully saturated rings. The van der Waals surface area contributed by atoms with Crippen molar-refractivity contribution in [2.75, 3.05) is 24.5 Å². The van der Waals surface area contributed by atoms with Gasteiger partial charge in [-0.3, -0.25) is 4.79 Å². The number of hydrogen-bond donors (Lipinski definition) is 2. The van der Waals surface area contributed by atoms with Gasteiger partial charge in [-0.15, -0.1) is 0 Å². The van der Waals surface area contributed by atoms with E-state index in [0.717, 1.165) is 12.8 Å². The summed E-state index contributed by atoms with van der Waals surface area (Å²) in [6, 6.07) is 9.33. The van der Waals surface area contributed by atoms with E-state index < -0.39 is 24.4 Å². The molecule has 4 heterocycles. The van der Waals surface area contributed by atoms with Gasteiger partial charge in [-0.2, -0.15) is 8.78 Å². The van der Waals surface area contributed by atoms with Gasteiger partial charge in [0.25, 0.3) is 0 Å². The minimum absolute atomic E-state index is 0.0704. The molecule has 2 aromatic carbocycles. The summed E-state index contributed by atoms with van der Waals surface area (Å²) in [6.45, 7) is -0.900. The van der Waals surface area contributed by atoms with Crippen molar-refractivity contribution in [3.63, 3.8) is 0 Å². The molecule has 1 saturated heterocycles. The zero-order chi connectivity index (χ0) is 28.2. The Balaban J connectivity index is 1.22. The molecule has 3 aliphatic rings. The van der Waals surface area contributed by atoms with Crippen LogP contribution in [-0.2, 0) is 11.3 Å². The van der Waals surface area contributed by atoms with Crippen LogP contribution < -0.4 is 15.0 Å². The van der Waals surface area contributed by atoms with Gasteiger partial charge in [0, 0.05) is 54.8 Å². The Morgan fingerprint density at radius 2 is 1.83 bits per heavy atom. The van der Waals surface area contributed by atoms with Gasteiger partial charge in [0.05, 0.1) is 29.5 Å². The third-order valence-electron chi connectivity index (χ3n) is 8.63. The van der Waals surface area contributed by atoms with Crippen LogP contribution in [0.25, 0.3) is 22.2 Å². The molecule has 2 aromatic heterocycles. The fourth-order valence-corrected chi connectivity index (χ4v) is 6.89. The van der Waals surface area contributed by atoms with Gasteiger partial charge in [0.1, 0.15) is 17.4 Å². The number of fused-ring (bicyclic) bond motifs is 5. The van der Waals surface area contributed by atoms with Crippen molar-refractivity contribution in [1.82, 2.24) is 24.8 Å². The van der Waals surface area contributed by atoms with Crippen molar-refractivity contribution < 1.29 is 27.8 Å². The van der Waals surface area contributed by atoms with Gasteiger partial charge < -0.3 is 24.6 Å². The maximum atomic E-state index is 15.4. The number of nitrogens with one attached hydrogen (secondary N) is 1. The Labute approximate surface area is 233 Å². The minimum atomic E-state index is -2.96. The number of carbonyl (C=O) groups is 1. The summed E-state index contributed by atoms with van der Waals surface area (Å²) in [5.74, 6) is -0.149. The summed E-state index contributed by atoms with van der Waals surface area (Å²) >= 11 is 0. The molecule has 41 heavy (non-hydrogen) atoms. The molecule has 0 radical (unpaired) electrons. The molecule has 12 heteroatoms. The molecular formula is C29H27F3N6O3. The molecule has 0 amide bonds. The first-order valence-corrected chi connectivity index (χ1v) is 13.6. The summed E-state index contributed by atoms with van der Waals surface area (Å²) < 4.78 is 48.4. The highest BCUT2D eigenvalue weighted by Gasteiger charge is 2.46. The maximum absolute atomic E-state index is 15.4. The van der Waals surface area contributed by atoms with Crippen LogP contribution in [0.2, 0.25) is 0 Å². The summed E-state index contributed by atoms with van der Waals surface area (Å²) in [7, 11) is 0. The Hall–Kier alpha value is -4.19. The summed E-state index contributed by atoms with van der Waals surface area (Å²) in [6.07, 6.45) is 4.92. The average molecular weight is 565 g/mol. The summed E-state index contributed by atoms with van der Waals surface area (Å²) in [5, 5.41) is 12.9. The van der Waals surface area contributed by atoms with Crippen LogP contribution in [0.3, 0.4) is 0 Å². The van der Waals surface area contributed by atoms with E-state index in [4.69, 9.17) is 4.74 Å². The van der Waals surface area contributed by atoms with Gasteiger partial charge >= 0.3 is 12.6 Å². The lowest BCUT2D eigenvalue weighted by molar-refractivity contribution is -0.144. The molecule has 1 unspecified atom stereocenters. The number of nitrogens with zero attached hydrogens (tertiary/aromatic N) is 5. The third-order valence-corrected chi connectivity index (χ3v) is 8.63. The quantitative estimate of drug-likeness (QED) is 0.354. The molecule has 0 spiro atoms. The van der Waals surface area contributed by atoms with Gasteiger partial charge in [0.15, 0.2) is 0 Å². The molecular weight excluding hydrogens is 537 g/mol. The van der Waals surface area contributed by atoms with Crippen LogP contribution in [0.4, 0.5) is 19.1 Å². The van der Waals surface area contributed by atoms with Crippen molar-refractivity contribution in [3.8, 4) is 16.9 Å². The number of aromatic nitrogens is 4. The smallest absolute Gasteiger partial charge is 0.387 e. The number of ether oxygens (including phenoxy) is 1. The van der Waals surface area contributed by atoms with Crippen molar-refractivity contribution >= 4 is 23.0 Å².